The molecule has 1 amide bonds. The van der Waals surface area contributed by atoms with Crippen LogP contribution in [0.25, 0.3) is 0 Å². The van der Waals surface area contributed by atoms with Gasteiger partial charge in [0.2, 0.25) is 5.91 Å². The van der Waals surface area contributed by atoms with Crippen molar-refractivity contribution in [2.75, 3.05) is 32.5 Å². The summed E-state index contributed by atoms with van der Waals surface area (Å²) in [5, 5.41) is 6.21. The number of thioether (sulfide) groups is 1. The third-order valence-corrected chi connectivity index (χ3v) is 5.04. The number of benzene rings is 1. The van der Waals surface area contributed by atoms with Gasteiger partial charge in [0, 0.05) is 17.2 Å². The lowest BCUT2D eigenvalue weighted by Crippen LogP contribution is -2.37. The molecule has 1 saturated carbocycles. The molecular formula is C17H26N2O2S. The van der Waals surface area contributed by atoms with Crippen molar-refractivity contribution in [2.24, 2.45) is 11.8 Å². The minimum absolute atomic E-state index is 0.0924. The minimum Gasteiger partial charge on any atom is -0.496 e. The van der Waals surface area contributed by atoms with Crippen molar-refractivity contribution in [1.82, 2.24) is 10.6 Å². The van der Waals surface area contributed by atoms with Gasteiger partial charge < -0.3 is 15.4 Å². The number of para-hydroxylation sites is 1. The van der Waals surface area contributed by atoms with Gasteiger partial charge in [-0.1, -0.05) is 19.1 Å². The van der Waals surface area contributed by atoms with Gasteiger partial charge in [0.15, 0.2) is 0 Å². The van der Waals surface area contributed by atoms with Crippen molar-refractivity contribution in [1.29, 1.82) is 0 Å². The van der Waals surface area contributed by atoms with Crippen LogP contribution in [0.5, 0.6) is 5.75 Å². The molecule has 1 fully saturated rings. The summed E-state index contributed by atoms with van der Waals surface area (Å²) in [4.78, 5) is 12.9. The smallest absolute Gasteiger partial charge is 0.233 e. The summed E-state index contributed by atoms with van der Waals surface area (Å²) in [6, 6.07) is 8.03. The summed E-state index contributed by atoms with van der Waals surface area (Å²) in [5.74, 6) is 3.19. The Labute approximate surface area is 137 Å². The maximum Gasteiger partial charge on any atom is 0.233 e. The van der Waals surface area contributed by atoms with Crippen molar-refractivity contribution in [3.05, 3.63) is 24.3 Å². The largest absolute Gasteiger partial charge is 0.496 e. The van der Waals surface area contributed by atoms with Gasteiger partial charge in [-0.3, -0.25) is 4.79 Å². The SMILES string of the molecule is COc1ccccc1SCC(C)CNC(=O)CNCC1CC1. The Hall–Kier alpha value is -1.20. The molecule has 1 aliphatic carbocycles. The molecule has 122 valence electrons. The highest BCUT2D eigenvalue weighted by molar-refractivity contribution is 7.99. The fraction of sp³-hybridized carbons (Fsp3) is 0.588. The Balaban J connectivity index is 1.60. The maximum atomic E-state index is 11.7. The summed E-state index contributed by atoms with van der Waals surface area (Å²) in [7, 11) is 1.69. The molecule has 2 N–H and O–H groups in total. The summed E-state index contributed by atoms with van der Waals surface area (Å²) in [6.07, 6.45) is 2.62. The molecule has 0 aliphatic heterocycles. The van der Waals surface area contributed by atoms with Gasteiger partial charge in [-0.05, 0) is 43.4 Å². The zero-order valence-corrected chi connectivity index (χ0v) is 14.2. The molecule has 4 nitrogen and oxygen atoms in total. The Morgan fingerprint density at radius 3 is 2.91 bits per heavy atom. The molecule has 0 heterocycles. The van der Waals surface area contributed by atoms with Crippen LogP contribution in [-0.4, -0.2) is 38.4 Å². The average Bonchev–Trinajstić information content (AvgIpc) is 3.35. The molecule has 0 radical (unpaired) electrons. The first-order valence-corrected chi connectivity index (χ1v) is 8.91. The third kappa shape index (κ3) is 6.28. The molecule has 22 heavy (non-hydrogen) atoms. The van der Waals surface area contributed by atoms with E-state index in [-0.39, 0.29) is 5.91 Å². The second kappa shape index (κ2) is 9.06. The van der Waals surface area contributed by atoms with Gasteiger partial charge in [-0.25, -0.2) is 0 Å². The number of hydrogen-bond acceptors (Lipinski definition) is 4. The maximum absolute atomic E-state index is 11.7. The van der Waals surface area contributed by atoms with E-state index in [2.05, 4.69) is 23.6 Å². The summed E-state index contributed by atoms with van der Waals surface area (Å²) in [6.45, 7) is 4.28. The Bertz CT molecular complexity index is 477. The fourth-order valence-corrected chi connectivity index (χ4v) is 3.14. The van der Waals surface area contributed by atoms with E-state index in [0.717, 1.165) is 28.9 Å². The first-order valence-electron chi connectivity index (χ1n) is 7.92. The van der Waals surface area contributed by atoms with Crippen molar-refractivity contribution in [3.63, 3.8) is 0 Å². The highest BCUT2D eigenvalue weighted by Crippen LogP contribution is 2.29. The number of amides is 1. The van der Waals surface area contributed by atoms with E-state index >= 15 is 0 Å². The molecule has 1 unspecified atom stereocenters. The third-order valence-electron chi connectivity index (χ3n) is 3.66. The highest BCUT2D eigenvalue weighted by Gasteiger charge is 2.20. The number of hydrogen-bond donors (Lipinski definition) is 2. The van der Waals surface area contributed by atoms with Crippen LogP contribution in [-0.2, 0) is 4.79 Å². The number of ether oxygens (including phenoxy) is 1. The van der Waals surface area contributed by atoms with E-state index in [4.69, 9.17) is 4.74 Å². The van der Waals surface area contributed by atoms with Crippen molar-refractivity contribution in [3.8, 4) is 5.75 Å². The first kappa shape index (κ1) is 17.2. The van der Waals surface area contributed by atoms with Gasteiger partial charge in [0.05, 0.1) is 13.7 Å². The van der Waals surface area contributed by atoms with Crippen molar-refractivity contribution >= 4 is 17.7 Å². The van der Waals surface area contributed by atoms with Gasteiger partial charge in [0.25, 0.3) is 0 Å². The molecule has 1 aliphatic rings. The number of rotatable bonds is 10. The number of methoxy groups -OCH3 is 1. The quantitative estimate of drug-likeness (QED) is 0.650. The number of carbonyl (C=O) groups excluding carboxylic acids is 1. The molecular weight excluding hydrogens is 296 g/mol. The second-order valence-electron chi connectivity index (χ2n) is 5.95. The molecule has 2 rings (SSSR count). The van der Waals surface area contributed by atoms with E-state index in [1.807, 2.05) is 18.2 Å². The van der Waals surface area contributed by atoms with E-state index in [1.165, 1.54) is 12.8 Å². The van der Waals surface area contributed by atoms with Crippen LogP contribution in [0.3, 0.4) is 0 Å². The standard InChI is InChI=1S/C17H26N2O2S/c1-13(9-19-17(20)11-18-10-14-7-8-14)12-22-16-6-4-3-5-15(16)21-2/h3-6,13-14,18H,7-12H2,1-2H3,(H,19,20). The number of carbonyl (C=O) groups is 1. The van der Waals surface area contributed by atoms with Crippen LogP contribution in [0.1, 0.15) is 19.8 Å². The highest BCUT2D eigenvalue weighted by atomic mass is 32.2. The lowest BCUT2D eigenvalue weighted by atomic mass is 10.2. The van der Waals surface area contributed by atoms with Crippen LogP contribution in [0.4, 0.5) is 0 Å². The molecule has 0 spiro atoms. The molecule has 1 atom stereocenters. The molecule has 1 aromatic carbocycles. The van der Waals surface area contributed by atoms with E-state index in [1.54, 1.807) is 18.9 Å². The summed E-state index contributed by atoms with van der Waals surface area (Å²) < 4.78 is 5.35. The number of nitrogens with one attached hydrogen (secondary N) is 2. The minimum atomic E-state index is 0.0924. The molecule has 0 bridgehead atoms. The van der Waals surface area contributed by atoms with Gasteiger partial charge in [0.1, 0.15) is 5.75 Å². The van der Waals surface area contributed by atoms with Crippen LogP contribution in [0.2, 0.25) is 0 Å². The molecule has 5 heteroatoms. The average molecular weight is 322 g/mol. The zero-order valence-electron chi connectivity index (χ0n) is 13.4. The summed E-state index contributed by atoms with van der Waals surface area (Å²) >= 11 is 1.77. The van der Waals surface area contributed by atoms with Crippen molar-refractivity contribution in [2.45, 2.75) is 24.7 Å². The van der Waals surface area contributed by atoms with E-state index in [9.17, 15) is 4.79 Å². The van der Waals surface area contributed by atoms with Crippen molar-refractivity contribution < 1.29 is 9.53 Å². The molecule has 1 aromatic rings. The van der Waals surface area contributed by atoms with Crippen LogP contribution in [0, 0.1) is 11.8 Å². The van der Waals surface area contributed by atoms with E-state index in [0.29, 0.717) is 19.0 Å². The molecule has 0 aromatic heterocycles. The zero-order chi connectivity index (χ0) is 15.8. The van der Waals surface area contributed by atoms with Crippen LogP contribution in [0.15, 0.2) is 29.2 Å². The predicted octanol–water partition coefficient (Wildman–Crippen LogP) is 2.54. The van der Waals surface area contributed by atoms with Gasteiger partial charge in [-0.2, -0.15) is 0 Å². The normalized spacial score (nSPS) is 15.4. The van der Waals surface area contributed by atoms with Crippen LogP contribution < -0.4 is 15.4 Å². The summed E-state index contributed by atoms with van der Waals surface area (Å²) in [5.41, 5.74) is 0. The topological polar surface area (TPSA) is 50.4 Å². The predicted molar refractivity (Wildman–Crippen MR) is 91.5 cm³/mol. The Morgan fingerprint density at radius 2 is 2.18 bits per heavy atom. The molecule has 0 saturated heterocycles. The first-order chi connectivity index (χ1) is 10.7. The Morgan fingerprint density at radius 1 is 1.41 bits per heavy atom. The second-order valence-corrected chi connectivity index (χ2v) is 7.01. The van der Waals surface area contributed by atoms with E-state index < -0.39 is 0 Å². The monoisotopic (exact) mass is 322 g/mol. The van der Waals surface area contributed by atoms with Gasteiger partial charge >= 0.3 is 0 Å². The van der Waals surface area contributed by atoms with Gasteiger partial charge in [-0.15, -0.1) is 11.8 Å². The lowest BCUT2D eigenvalue weighted by molar-refractivity contribution is -0.120. The lowest BCUT2D eigenvalue weighted by Gasteiger charge is -2.14. The fourth-order valence-electron chi connectivity index (χ4n) is 2.09. The Kier molecular flexibility index (Phi) is 7.06. The van der Waals surface area contributed by atoms with Crippen LogP contribution >= 0.6 is 11.8 Å².